The van der Waals surface area contributed by atoms with Gasteiger partial charge in [-0.15, -0.1) is 0 Å². The van der Waals surface area contributed by atoms with Gasteiger partial charge in [-0.1, -0.05) is 54.1 Å². The van der Waals surface area contributed by atoms with E-state index in [-0.39, 0.29) is 0 Å². The van der Waals surface area contributed by atoms with Crippen molar-refractivity contribution >= 4 is 21.7 Å². The Morgan fingerprint density at radius 2 is 1.64 bits per heavy atom. The smallest absolute Gasteiger partial charge is 0.163 e. The van der Waals surface area contributed by atoms with Crippen molar-refractivity contribution in [3.63, 3.8) is 0 Å². The number of aromatic nitrogens is 1. The largest absolute Gasteiger partial charge is 0.394 e. The van der Waals surface area contributed by atoms with Crippen molar-refractivity contribution in [3.8, 4) is 0 Å². The summed E-state index contributed by atoms with van der Waals surface area (Å²) in [5.41, 5.74) is 5.44. The van der Waals surface area contributed by atoms with Crippen LogP contribution in [0.1, 0.15) is 28.5 Å². The fourth-order valence-corrected chi connectivity index (χ4v) is 4.99. The lowest BCUT2D eigenvalue weighted by atomic mass is 9.98. The number of hydrogen-bond acceptors (Lipinski definition) is 5. The second-order valence-electron chi connectivity index (χ2n) is 9.11. The number of aryl methyl sites for hydroxylation is 2. The molecule has 33 heavy (non-hydrogen) atoms. The van der Waals surface area contributed by atoms with Gasteiger partial charge in [-0.3, -0.25) is 0 Å². The standard InChI is InChI=1S/C27H29NO5/c1-15-6-8-19-11-17(7-9-18(19)10-15)12-20-13-28(21-5-3-4-16(2)23(20)21)27-26(32)25(31)24(30)22(14-29)33-27/h3-11,13,22,24-27,29-32H,12,14H2,1-2H3/t22-,24-,25+,26-,27-/m1/s1. The van der Waals surface area contributed by atoms with Gasteiger partial charge in [-0.25, -0.2) is 0 Å². The molecule has 4 N–H and O–H groups in total. The summed E-state index contributed by atoms with van der Waals surface area (Å²) in [5.74, 6) is 0. The summed E-state index contributed by atoms with van der Waals surface area (Å²) >= 11 is 0. The molecule has 6 heteroatoms. The van der Waals surface area contributed by atoms with Gasteiger partial charge >= 0.3 is 0 Å². The number of aliphatic hydroxyl groups is 4. The van der Waals surface area contributed by atoms with Crippen molar-refractivity contribution < 1.29 is 25.2 Å². The summed E-state index contributed by atoms with van der Waals surface area (Å²) < 4.78 is 7.66. The van der Waals surface area contributed by atoms with Gasteiger partial charge in [-0.05, 0) is 53.8 Å². The van der Waals surface area contributed by atoms with E-state index in [4.69, 9.17) is 4.74 Å². The average molecular weight is 448 g/mol. The van der Waals surface area contributed by atoms with E-state index in [1.54, 1.807) is 0 Å². The van der Waals surface area contributed by atoms with Gasteiger partial charge in [0.05, 0.1) is 12.1 Å². The number of hydrogen-bond donors (Lipinski definition) is 4. The first-order valence-corrected chi connectivity index (χ1v) is 11.3. The van der Waals surface area contributed by atoms with Crippen LogP contribution in [0.3, 0.4) is 0 Å². The third-order valence-corrected chi connectivity index (χ3v) is 6.74. The highest BCUT2D eigenvalue weighted by Crippen LogP contribution is 2.35. The van der Waals surface area contributed by atoms with Crippen LogP contribution in [-0.2, 0) is 11.2 Å². The van der Waals surface area contributed by atoms with E-state index in [2.05, 4.69) is 43.3 Å². The summed E-state index contributed by atoms with van der Waals surface area (Å²) in [6.45, 7) is 3.68. The molecule has 0 spiro atoms. The Morgan fingerprint density at radius 1 is 0.879 bits per heavy atom. The number of nitrogens with zero attached hydrogens (tertiary/aromatic N) is 1. The van der Waals surface area contributed by atoms with Gasteiger partial charge in [0, 0.05) is 11.6 Å². The molecule has 0 aliphatic carbocycles. The van der Waals surface area contributed by atoms with Crippen LogP contribution in [0.25, 0.3) is 21.7 Å². The summed E-state index contributed by atoms with van der Waals surface area (Å²) in [5, 5.41) is 44.3. The fraction of sp³-hybridized carbons (Fsp3) is 0.333. The lowest BCUT2D eigenvalue weighted by molar-refractivity contribution is -0.250. The second kappa shape index (κ2) is 8.56. The highest BCUT2D eigenvalue weighted by Gasteiger charge is 2.44. The minimum atomic E-state index is -1.42. The zero-order valence-electron chi connectivity index (χ0n) is 18.7. The molecule has 1 fully saturated rings. The van der Waals surface area contributed by atoms with Crippen LogP contribution in [0.15, 0.2) is 60.8 Å². The lowest BCUT2D eigenvalue weighted by Gasteiger charge is -2.40. The highest BCUT2D eigenvalue weighted by atomic mass is 16.6. The minimum absolute atomic E-state index is 0.455. The van der Waals surface area contributed by atoms with Gasteiger partial charge in [0.2, 0.25) is 0 Å². The summed E-state index contributed by atoms with van der Waals surface area (Å²) in [6, 6.07) is 18.8. The third kappa shape index (κ3) is 3.84. The first-order valence-electron chi connectivity index (χ1n) is 11.3. The second-order valence-corrected chi connectivity index (χ2v) is 9.11. The zero-order chi connectivity index (χ0) is 23.3. The maximum Gasteiger partial charge on any atom is 0.163 e. The van der Waals surface area contributed by atoms with Crippen molar-refractivity contribution in [3.05, 3.63) is 83.0 Å². The molecule has 172 valence electrons. The Balaban J connectivity index is 1.58. The van der Waals surface area contributed by atoms with Crippen molar-refractivity contribution in [1.82, 2.24) is 4.57 Å². The average Bonchev–Trinajstić information content (AvgIpc) is 3.17. The molecule has 5 rings (SSSR count). The molecule has 1 aliphatic rings. The Morgan fingerprint density at radius 3 is 2.42 bits per heavy atom. The van der Waals surface area contributed by atoms with Crippen LogP contribution in [0.2, 0.25) is 0 Å². The van der Waals surface area contributed by atoms with Crippen LogP contribution < -0.4 is 0 Å². The lowest BCUT2D eigenvalue weighted by Crippen LogP contribution is -2.56. The van der Waals surface area contributed by atoms with E-state index in [9.17, 15) is 20.4 Å². The van der Waals surface area contributed by atoms with Gasteiger partial charge < -0.3 is 29.7 Å². The quantitative estimate of drug-likeness (QED) is 0.386. The van der Waals surface area contributed by atoms with Crippen LogP contribution in [0.4, 0.5) is 0 Å². The molecule has 0 unspecified atom stereocenters. The number of ether oxygens (including phenoxy) is 1. The maximum atomic E-state index is 10.7. The molecule has 3 aromatic carbocycles. The molecule has 0 saturated carbocycles. The predicted molar refractivity (Wildman–Crippen MR) is 127 cm³/mol. The van der Waals surface area contributed by atoms with Crippen molar-refractivity contribution in [2.24, 2.45) is 0 Å². The molecular weight excluding hydrogens is 418 g/mol. The Labute approximate surface area is 192 Å². The van der Waals surface area contributed by atoms with E-state index in [1.807, 2.05) is 35.9 Å². The van der Waals surface area contributed by atoms with Gasteiger partial charge in [0.1, 0.15) is 24.4 Å². The van der Waals surface area contributed by atoms with E-state index in [1.165, 1.54) is 21.9 Å². The van der Waals surface area contributed by atoms with Crippen LogP contribution in [-0.4, -0.2) is 56.0 Å². The highest BCUT2D eigenvalue weighted by molar-refractivity contribution is 5.88. The van der Waals surface area contributed by atoms with E-state index in [0.29, 0.717) is 6.42 Å². The number of rotatable bonds is 4. The van der Waals surface area contributed by atoms with Crippen LogP contribution in [0, 0.1) is 13.8 Å². The molecule has 4 aromatic rings. The monoisotopic (exact) mass is 447 g/mol. The van der Waals surface area contributed by atoms with Crippen LogP contribution in [0.5, 0.6) is 0 Å². The topological polar surface area (TPSA) is 95.1 Å². The fourth-order valence-electron chi connectivity index (χ4n) is 4.99. The SMILES string of the molecule is Cc1ccc2cc(Cc3cn([C@@H]4O[C@H](CO)[C@@H](O)[C@H](O)[C@H]4O)c4cccc(C)c34)ccc2c1. The van der Waals surface area contributed by atoms with Crippen LogP contribution >= 0.6 is 0 Å². The Kier molecular flexibility index (Phi) is 5.72. The van der Waals surface area contributed by atoms with Gasteiger partial charge in [0.15, 0.2) is 6.23 Å². The molecule has 1 aliphatic heterocycles. The maximum absolute atomic E-state index is 10.7. The number of benzene rings is 3. The molecule has 0 radical (unpaired) electrons. The van der Waals surface area contributed by atoms with Crippen molar-refractivity contribution in [2.45, 2.75) is 50.9 Å². The first kappa shape index (κ1) is 22.1. The molecule has 1 aromatic heterocycles. The number of aliphatic hydroxyl groups excluding tert-OH is 4. The van der Waals surface area contributed by atoms with Gasteiger partial charge in [-0.2, -0.15) is 0 Å². The third-order valence-electron chi connectivity index (χ3n) is 6.74. The molecule has 2 heterocycles. The zero-order valence-corrected chi connectivity index (χ0v) is 18.7. The summed E-state index contributed by atoms with van der Waals surface area (Å²) in [7, 11) is 0. The van der Waals surface area contributed by atoms with E-state index >= 15 is 0 Å². The molecular formula is C27H29NO5. The van der Waals surface area contributed by atoms with E-state index in [0.717, 1.165) is 22.0 Å². The minimum Gasteiger partial charge on any atom is -0.394 e. The number of fused-ring (bicyclic) bond motifs is 2. The first-order chi connectivity index (χ1) is 15.9. The molecule has 5 atom stereocenters. The summed E-state index contributed by atoms with van der Waals surface area (Å²) in [4.78, 5) is 0. The summed E-state index contributed by atoms with van der Waals surface area (Å²) in [6.07, 6.45) is -3.39. The Bertz CT molecular complexity index is 1310. The Hall–Kier alpha value is -2.74. The van der Waals surface area contributed by atoms with Gasteiger partial charge in [0.25, 0.3) is 0 Å². The van der Waals surface area contributed by atoms with E-state index < -0.39 is 37.3 Å². The van der Waals surface area contributed by atoms with Crippen molar-refractivity contribution in [1.29, 1.82) is 0 Å². The molecule has 1 saturated heterocycles. The molecule has 0 amide bonds. The molecule has 6 nitrogen and oxygen atoms in total. The molecule has 0 bridgehead atoms. The normalized spacial score (nSPS) is 25.7. The van der Waals surface area contributed by atoms with Crippen molar-refractivity contribution in [2.75, 3.05) is 6.61 Å². The predicted octanol–water partition coefficient (Wildman–Crippen LogP) is 2.97.